The van der Waals surface area contributed by atoms with Crippen LogP contribution in [0.4, 0.5) is 4.39 Å². The molecule has 3 rings (SSSR count). The van der Waals surface area contributed by atoms with Crippen molar-refractivity contribution in [2.45, 2.75) is 6.92 Å². The lowest BCUT2D eigenvalue weighted by atomic mass is 10.1. The van der Waals surface area contributed by atoms with Crippen LogP contribution in [0.1, 0.15) is 28.5 Å². The predicted molar refractivity (Wildman–Crippen MR) is 102 cm³/mol. The number of carbonyl (C=O) groups excluding carboxylic acids is 1. The van der Waals surface area contributed by atoms with E-state index in [1.54, 1.807) is 18.3 Å². The Morgan fingerprint density at radius 1 is 1.04 bits per heavy atom. The zero-order chi connectivity index (χ0) is 19.1. The van der Waals surface area contributed by atoms with Crippen LogP contribution in [-0.2, 0) is 0 Å². The number of aromatic nitrogens is 1. The van der Waals surface area contributed by atoms with Gasteiger partial charge in [0.1, 0.15) is 5.82 Å². The molecule has 0 saturated carbocycles. The van der Waals surface area contributed by atoms with Crippen LogP contribution in [0.5, 0.6) is 11.5 Å². The quantitative estimate of drug-likeness (QED) is 0.456. The highest BCUT2D eigenvalue weighted by molar-refractivity contribution is 5.91. The van der Waals surface area contributed by atoms with E-state index >= 15 is 0 Å². The molecule has 3 aromatic rings. The molecule has 0 N–H and O–H groups in total. The molecule has 27 heavy (non-hydrogen) atoms. The van der Waals surface area contributed by atoms with E-state index in [0.717, 1.165) is 11.3 Å². The summed E-state index contributed by atoms with van der Waals surface area (Å²) in [7, 11) is 0. The molecule has 2 aromatic carbocycles. The van der Waals surface area contributed by atoms with Gasteiger partial charge in [-0.1, -0.05) is 18.2 Å². The molecule has 0 amide bonds. The van der Waals surface area contributed by atoms with E-state index in [4.69, 9.17) is 9.47 Å². The summed E-state index contributed by atoms with van der Waals surface area (Å²) in [6.45, 7) is 2.27. The molecule has 0 radical (unpaired) electrons. The highest BCUT2D eigenvalue weighted by Gasteiger charge is 2.13. The van der Waals surface area contributed by atoms with E-state index in [1.165, 1.54) is 24.3 Å². The number of nitrogens with zero attached hydrogens (tertiary/aromatic N) is 1. The number of pyridine rings is 1. The second-order valence-corrected chi connectivity index (χ2v) is 5.62. The summed E-state index contributed by atoms with van der Waals surface area (Å²) in [5, 5.41) is 0. The van der Waals surface area contributed by atoms with Gasteiger partial charge in [-0.3, -0.25) is 4.98 Å². The van der Waals surface area contributed by atoms with Crippen LogP contribution in [0.15, 0.2) is 66.9 Å². The third-order valence-corrected chi connectivity index (χ3v) is 3.68. The van der Waals surface area contributed by atoms with Crippen molar-refractivity contribution in [1.82, 2.24) is 4.98 Å². The van der Waals surface area contributed by atoms with Gasteiger partial charge in [0, 0.05) is 6.20 Å². The second kappa shape index (κ2) is 8.76. The molecule has 0 saturated heterocycles. The van der Waals surface area contributed by atoms with E-state index in [1.807, 2.05) is 43.3 Å². The van der Waals surface area contributed by atoms with Gasteiger partial charge in [0.05, 0.1) is 17.9 Å². The summed E-state index contributed by atoms with van der Waals surface area (Å²) < 4.78 is 24.0. The number of halogens is 1. The van der Waals surface area contributed by atoms with E-state index in [2.05, 4.69) is 4.98 Å². The van der Waals surface area contributed by atoms with Gasteiger partial charge in [-0.2, -0.15) is 0 Å². The molecule has 136 valence electrons. The molecular formula is C22H18FNO3. The number of hydrogen-bond donors (Lipinski definition) is 0. The van der Waals surface area contributed by atoms with Crippen molar-refractivity contribution in [1.29, 1.82) is 0 Å². The van der Waals surface area contributed by atoms with Crippen molar-refractivity contribution in [3.05, 3.63) is 89.5 Å². The third kappa shape index (κ3) is 5.01. The summed E-state index contributed by atoms with van der Waals surface area (Å²) >= 11 is 0. The number of esters is 1. The zero-order valence-electron chi connectivity index (χ0n) is 14.8. The summed E-state index contributed by atoms with van der Waals surface area (Å²) in [6.07, 6.45) is 5.51. The molecule has 4 nitrogen and oxygen atoms in total. The molecule has 0 unspecified atom stereocenters. The smallest absolute Gasteiger partial charge is 0.343 e. The van der Waals surface area contributed by atoms with E-state index in [9.17, 15) is 9.18 Å². The molecular weight excluding hydrogens is 345 g/mol. The summed E-state index contributed by atoms with van der Waals surface area (Å²) in [5.41, 5.74) is 1.98. The average Bonchev–Trinajstić information content (AvgIpc) is 2.69. The number of carbonyl (C=O) groups is 1. The van der Waals surface area contributed by atoms with Crippen molar-refractivity contribution in [2.75, 3.05) is 6.61 Å². The first-order chi connectivity index (χ1) is 13.2. The SMILES string of the molecule is CCOc1cc(/C=C/c2ccccn2)ccc1OC(=O)c1ccc(F)cc1. The Balaban J connectivity index is 1.80. The minimum absolute atomic E-state index is 0.262. The van der Waals surface area contributed by atoms with Crippen LogP contribution in [0.25, 0.3) is 12.2 Å². The number of hydrogen-bond acceptors (Lipinski definition) is 4. The monoisotopic (exact) mass is 363 g/mol. The van der Waals surface area contributed by atoms with Crippen molar-refractivity contribution in [3.63, 3.8) is 0 Å². The van der Waals surface area contributed by atoms with Gasteiger partial charge in [0.2, 0.25) is 0 Å². The molecule has 1 aromatic heterocycles. The maximum absolute atomic E-state index is 13.0. The highest BCUT2D eigenvalue weighted by Crippen LogP contribution is 2.30. The maximum Gasteiger partial charge on any atom is 0.343 e. The first-order valence-electron chi connectivity index (χ1n) is 8.49. The van der Waals surface area contributed by atoms with Gasteiger partial charge in [-0.05, 0) is 67.1 Å². The van der Waals surface area contributed by atoms with Gasteiger partial charge < -0.3 is 9.47 Å². The lowest BCUT2D eigenvalue weighted by Gasteiger charge is -2.11. The van der Waals surface area contributed by atoms with Gasteiger partial charge in [0.15, 0.2) is 11.5 Å². The summed E-state index contributed by atoms with van der Waals surface area (Å²) in [4.78, 5) is 16.5. The van der Waals surface area contributed by atoms with Gasteiger partial charge in [-0.15, -0.1) is 0 Å². The number of rotatable bonds is 6. The fraction of sp³-hybridized carbons (Fsp3) is 0.0909. The van der Waals surface area contributed by atoms with Gasteiger partial charge in [-0.25, -0.2) is 9.18 Å². The predicted octanol–water partition coefficient (Wildman–Crippen LogP) is 5.01. The lowest BCUT2D eigenvalue weighted by molar-refractivity contribution is 0.0728. The molecule has 5 heteroatoms. The summed E-state index contributed by atoms with van der Waals surface area (Å²) in [6, 6.07) is 16.1. The van der Waals surface area contributed by atoms with Crippen LogP contribution in [-0.4, -0.2) is 17.6 Å². The first-order valence-corrected chi connectivity index (χ1v) is 8.49. The Bertz CT molecular complexity index is 938. The van der Waals surface area contributed by atoms with Crippen LogP contribution in [0.3, 0.4) is 0 Å². The Morgan fingerprint density at radius 2 is 1.85 bits per heavy atom. The van der Waals surface area contributed by atoms with Crippen LogP contribution in [0.2, 0.25) is 0 Å². The van der Waals surface area contributed by atoms with Crippen LogP contribution < -0.4 is 9.47 Å². The first kappa shape index (κ1) is 18.3. The topological polar surface area (TPSA) is 48.4 Å². The maximum atomic E-state index is 13.0. The average molecular weight is 363 g/mol. The molecule has 0 atom stereocenters. The van der Waals surface area contributed by atoms with Crippen LogP contribution >= 0.6 is 0 Å². The summed E-state index contributed by atoms with van der Waals surface area (Å²) in [5.74, 6) is -0.226. The molecule has 1 heterocycles. The molecule has 0 bridgehead atoms. The van der Waals surface area contributed by atoms with Gasteiger partial charge >= 0.3 is 5.97 Å². The molecule has 0 aliphatic heterocycles. The van der Waals surface area contributed by atoms with Crippen LogP contribution in [0, 0.1) is 5.82 Å². The van der Waals surface area contributed by atoms with Crippen molar-refractivity contribution < 1.29 is 18.7 Å². The number of ether oxygens (including phenoxy) is 2. The molecule has 0 aliphatic carbocycles. The third-order valence-electron chi connectivity index (χ3n) is 3.68. The number of benzene rings is 2. The molecule has 0 spiro atoms. The van der Waals surface area contributed by atoms with E-state index in [-0.39, 0.29) is 5.56 Å². The largest absolute Gasteiger partial charge is 0.490 e. The van der Waals surface area contributed by atoms with Crippen molar-refractivity contribution >= 4 is 18.1 Å². The van der Waals surface area contributed by atoms with Gasteiger partial charge in [0.25, 0.3) is 0 Å². The minimum Gasteiger partial charge on any atom is -0.490 e. The highest BCUT2D eigenvalue weighted by atomic mass is 19.1. The lowest BCUT2D eigenvalue weighted by Crippen LogP contribution is -2.09. The molecule has 0 fully saturated rings. The van der Waals surface area contributed by atoms with E-state index in [0.29, 0.717) is 18.1 Å². The van der Waals surface area contributed by atoms with E-state index < -0.39 is 11.8 Å². The minimum atomic E-state index is -0.576. The fourth-order valence-corrected chi connectivity index (χ4v) is 2.38. The normalized spacial score (nSPS) is 10.7. The Labute approximate surface area is 156 Å². The second-order valence-electron chi connectivity index (χ2n) is 5.62. The Kier molecular flexibility index (Phi) is 5.94. The Hall–Kier alpha value is -3.47. The fourth-order valence-electron chi connectivity index (χ4n) is 2.38. The standard InChI is InChI=1S/C22H18FNO3/c1-2-26-21-15-16(6-12-19-5-3-4-14-24-19)7-13-20(21)27-22(25)17-8-10-18(23)11-9-17/h3-15H,2H2,1H3/b12-6+. The Morgan fingerprint density at radius 3 is 2.56 bits per heavy atom. The van der Waals surface area contributed by atoms with Crippen molar-refractivity contribution in [2.24, 2.45) is 0 Å². The zero-order valence-corrected chi connectivity index (χ0v) is 14.8. The van der Waals surface area contributed by atoms with Crippen molar-refractivity contribution in [3.8, 4) is 11.5 Å². The molecule has 0 aliphatic rings.